The molecule has 6 aromatic rings. The highest BCUT2D eigenvalue weighted by Gasteiger charge is 2.33. The number of sulfone groups is 1. The summed E-state index contributed by atoms with van der Waals surface area (Å²) in [5.41, 5.74) is 3.36. The molecule has 0 radical (unpaired) electrons. The first-order valence-corrected chi connectivity index (χ1v) is 19.0. The number of halogens is 2. The van der Waals surface area contributed by atoms with Gasteiger partial charge >= 0.3 is 0 Å². The van der Waals surface area contributed by atoms with E-state index in [9.17, 15) is 18.0 Å². The van der Waals surface area contributed by atoms with Gasteiger partial charge < -0.3 is 10.6 Å². The Labute approximate surface area is 283 Å². The number of fused-ring (bicyclic) bond motifs is 5. The van der Waals surface area contributed by atoms with E-state index in [1.54, 1.807) is 48.5 Å². The normalized spacial score (nSPS) is 13.1. The van der Waals surface area contributed by atoms with Crippen molar-refractivity contribution in [2.24, 2.45) is 0 Å². The molecule has 0 unspecified atom stereocenters. The molecular formula is C30H18Cl2N4O4S5. The summed E-state index contributed by atoms with van der Waals surface area (Å²) < 4.78 is 30.5. The molecule has 2 N–H and O–H groups in total. The van der Waals surface area contributed by atoms with E-state index in [2.05, 4.69) is 20.6 Å². The second-order valence-electron chi connectivity index (χ2n) is 9.78. The zero-order valence-electron chi connectivity index (χ0n) is 22.7. The lowest BCUT2D eigenvalue weighted by Crippen LogP contribution is -2.14. The van der Waals surface area contributed by atoms with Crippen LogP contribution in [0, 0.1) is 0 Å². The molecule has 0 fully saturated rings. The highest BCUT2D eigenvalue weighted by atomic mass is 35.5. The molecule has 15 heteroatoms. The van der Waals surface area contributed by atoms with Gasteiger partial charge in [-0.3, -0.25) is 9.59 Å². The smallest absolute Gasteiger partial charge is 0.234 e. The van der Waals surface area contributed by atoms with Crippen molar-refractivity contribution in [3.8, 4) is 11.1 Å². The molecule has 4 aromatic carbocycles. The SMILES string of the molecule is O=C(CSc1nc2cc(Cl)ccc2s1)Nc1ccc2c(c1)S(=O)(=O)c1cc(NC(=O)CSc3nc4cc(Cl)ccc4s3)ccc1-2. The van der Waals surface area contributed by atoms with Crippen LogP contribution in [0.25, 0.3) is 31.6 Å². The Bertz CT molecular complexity index is 2130. The molecule has 45 heavy (non-hydrogen) atoms. The largest absolute Gasteiger partial charge is 0.325 e. The fourth-order valence-corrected chi connectivity index (χ4v) is 10.5. The van der Waals surface area contributed by atoms with Gasteiger partial charge in [0.05, 0.1) is 41.7 Å². The van der Waals surface area contributed by atoms with Gasteiger partial charge in [-0.05, 0) is 60.7 Å². The Hall–Kier alpha value is -3.17. The molecule has 2 aromatic heterocycles. The highest BCUT2D eigenvalue weighted by Crippen LogP contribution is 2.45. The molecule has 3 heterocycles. The van der Waals surface area contributed by atoms with Gasteiger partial charge in [0.2, 0.25) is 21.7 Å². The first-order valence-electron chi connectivity index (χ1n) is 13.1. The molecule has 0 bridgehead atoms. The van der Waals surface area contributed by atoms with E-state index < -0.39 is 9.84 Å². The lowest BCUT2D eigenvalue weighted by atomic mass is 10.0. The van der Waals surface area contributed by atoms with Gasteiger partial charge in [0.1, 0.15) is 0 Å². The van der Waals surface area contributed by atoms with E-state index >= 15 is 0 Å². The number of aromatic nitrogens is 2. The van der Waals surface area contributed by atoms with Crippen LogP contribution in [0.2, 0.25) is 10.0 Å². The maximum atomic E-state index is 13.5. The van der Waals surface area contributed by atoms with Crippen molar-refractivity contribution in [1.82, 2.24) is 9.97 Å². The van der Waals surface area contributed by atoms with Crippen LogP contribution in [0.4, 0.5) is 11.4 Å². The van der Waals surface area contributed by atoms with E-state index in [4.69, 9.17) is 23.2 Å². The fourth-order valence-electron chi connectivity index (χ4n) is 4.74. The third-order valence-electron chi connectivity index (χ3n) is 6.71. The van der Waals surface area contributed by atoms with Crippen LogP contribution in [-0.2, 0) is 19.4 Å². The summed E-state index contributed by atoms with van der Waals surface area (Å²) in [5, 5.41) is 6.77. The van der Waals surface area contributed by atoms with E-state index in [1.165, 1.54) is 58.3 Å². The van der Waals surface area contributed by atoms with Crippen molar-refractivity contribution in [3.05, 3.63) is 82.8 Å². The average Bonchev–Trinajstić information content (AvgIpc) is 3.67. The van der Waals surface area contributed by atoms with Crippen molar-refractivity contribution in [2.75, 3.05) is 22.1 Å². The average molecular weight is 730 g/mol. The van der Waals surface area contributed by atoms with Crippen LogP contribution >= 0.6 is 69.4 Å². The van der Waals surface area contributed by atoms with Gasteiger partial charge in [-0.1, -0.05) is 58.9 Å². The predicted molar refractivity (Wildman–Crippen MR) is 185 cm³/mol. The lowest BCUT2D eigenvalue weighted by Gasteiger charge is -2.07. The molecule has 2 amide bonds. The Morgan fingerprint density at radius 1 is 0.667 bits per heavy atom. The first-order chi connectivity index (χ1) is 21.6. The summed E-state index contributed by atoms with van der Waals surface area (Å²) in [6, 6.07) is 20.6. The minimum absolute atomic E-state index is 0.0981. The van der Waals surface area contributed by atoms with Crippen molar-refractivity contribution in [3.63, 3.8) is 0 Å². The number of nitrogens with one attached hydrogen (secondary N) is 2. The number of amides is 2. The van der Waals surface area contributed by atoms with Gasteiger partial charge in [-0.25, -0.2) is 18.4 Å². The number of thioether (sulfide) groups is 2. The Morgan fingerprint density at radius 2 is 1.11 bits per heavy atom. The van der Waals surface area contributed by atoms with Gasteiger partial charge in [0, 0.05) is 32.5 Å². The summed E-state index contributed by atoms with van der Waals surface area (Å²) in [6.45, 7) is 0. The Balaban J connectivity index is 0.998. The monoisotopic (exact) mass is 728 g/mol. The number of carbonyl (C=O) groups excluding carboxylic acids is 2. The number of benzene rings is 4. The summed E-state index contributed by atoms with van der Waals surface area (Å²) in [6.07, 6.45) is 0. The lowest BCUT2D eigenvalue weighted by molar-refractivity contribution is -0.114. The second-order valence-corrected chi connectivity index (χ2v) is 17.0. The fraction of sp³-hybridized carbons (Fsp3) is 0.0667. The van der Waals surface area contributed by atoms with Crippen molar-refractivity contribution in [1.29, 1.82) is 0 Å². The van der Waals surface area contributed by atoms with Crippen LogP contribution in [0.15, 0.2) is 91.3 Å². The molecule has 7 rings (SSSR count). The first kappa shape index (κ1) is 30.5. The minimum atomic E-state index is -3.88. The van der Waals surface area contributed by atoms with E-state index in [0.717, 1.165) is 29.1 Å². The molecule has 8 nitrogen and oxygen atoms in total. The number of nitrogens with zero attached hydrogens (tertiary/aromatic N) is 2. The number of anilines is 2. The summed E-state index contributed by atoms with van der Waals surface area (Å²) >= 11 is 17.6. The summed E-state index contributed by atoms with van der Waals surface area (Å²) in [5.74, 6) is -0.372. The summed E-state index contributed by atoms with van der Waals surface area (Å²) in [7, 11) is -3.88. The Morgan fingerprint density at radius 3 is 1.56 bits per heavy atom. The quantitative estimate of drug-likeness (QED) is 0.150. The maximum absolute atomic E-state index is 13.5. The molecule has 0 saturated heterocycles. The van der Waals surface area contributed by atoms with Crippen molar-refractivity contribution >= 4 is 123 Å². The standard InChI is InChI=1S/C30H18Cl2N4O4S5/c31-15-1-7-23-21(9-15)35-29(43-23)41-13-27(37)33-17-3-5-19-20-6-4-18(12-26(20)45(39,40)25(19)11-17)34-28(38)14-42-30-36-22-10-16(32)2-8-24(22)44-30/h1-12H,13-14H2,(H,33,37)(H,34,38). The van der Waals surface area contributed by atoms with Gasteiger partial charge in [0.25, 0.3) is 0 Å². The van der Waals surface area contributed by atoms with Crippen LogP contribution in [-0.4, -0.2) is 41.7 Å². The molecule has 1 aliphatic heterocycles. The Kier molecular flexibility index (Phi) is 8.27. The van der Waals surface area contributed by atoms with Crippen LogP contribution < -0.4 is 10.6 Å². The van der Waals surface area contributed by atoms with E-state index in [1.807, 2.05) is 12.1 Å². The molecule has 0 atom stereocenters. The van der Waals surface area contributed by atoms with Crippen LogP contribution in [0.5, 0.6) is 0 Å². The summed E-state index contributed by atoms with van der Waals surface area (Å²) in [4.78, 5) is 34.6. The number of carbonyl (C=O) groups is 2. The van der Waals surface area contributed by atoms with Gasteiger partial charge in [-0.15, -0.1) is 22.7 Å². The molecule has 1 aliphatic rings. The molecule has 226 valence electrons. The number of thiazole rings is 2. The van der Waals surface area contributed by atoms with Crippen molar-refractivity contribution in [2.45, 2.75) is 18.5 Å². The topological polar surface area (TPSA) is 118 Å². The second kappa shape index (κ2) is 12.2. The van der Waals surface area contributed by atoms with Crippen molar-refractivity contribution < 1.29 is 18.0 Å². The zero-order chi connectivity index (χ0) is 31.3. The number of rotatable bonds is 8. The predicted octanol–water partition coefficient (Wildman–Crippen LogP) is 8.49. The van der Waals surface area contributed by atoms with Crippen LogP contribution in [0.1, 0.15) is 0 Å². The van der Waals surface area contributed by atoms with Gasteiger partial charge in [-0.2, -0.15) is 0 Å². The van der Waals surface area contributed by atoms with E-state index in [0.29, 0.717) is 32.5 Å². The van der Waals surface area contributed by atoms with E-state index in [-0.39, 0.29) is 33.1 Å². The number of hydrogen-bond donors (Lipinski definition) is 2. The van der Waals surface area contributed by atoms with Crippen LogP contribution in [0.3, 0.4) is 0 Å². The third kappa shape index (κ3) is 6.30. The maximum Gasteiger partial charge on any atom is 0.234 e. The zero-order valence-corrected chi connectivity index (χ0v) is 28.3. The van der Waals surface area contributed by atoms with Gasteiger partial charge in [0.15, 0.2) is 8.68 Å². The molecule has 0 aliphatic carbocycles. The highest BCUT2D eigenvalue weighted by molar-refractivity contribution is 8.02. The minimum Gasteiger partial charge on any atom is -0.325 e. The molecule has 0 saturated carbocycles. The third-order valence-corrected chi connectivity index (χ3v) is 13.4. The number of hydrogen-bond acceptors (Lipinski definition) is 10. The molecular weight excluding hydrogens is 712 g/mol. The molecule has 0 spiro atoms.